The van der Waals surface area contributed by atoms with Crippen LogP contribution in [0.5, 0.6) is 5.75 Å². The van der Waals surface area contributed by atoms with Crippen LogP contribution >= 0.6 is 0 Å². The largest absolute Gasteiger partial charge is 0.490 e. The van der Waals surface area contributed by atoms with Crippen molar-refractivity contribution >= 4 is 15.7 Å². The van der Waals surface area contributed by atoms with Crippen LogP contribution in [0.25, 0.3) is 0 Å². The van der Waals surface area contributed by atoms with Gasteiger partial charge in [-0.25, -0.2) is 8.42 Å². The van der Waals surface area contributed by atoms with Gasteiger partial charge in [0.25, 0.3) is 10.0 Å². The van der Waals surface area contributed by atoms with E-state index in [1.807, 2.05) is 31.2 Å². The van der Waals surface area contributed by atoms with E-state index in [1.165, 1.54) is 4.31 Å². The molecule has 1 unspecified atom stereocenters. The maximum absolute atomic E-state index is 13.1. The third kappa shape index (κ3) is 3.39. The number of para-hydroxylation sites is 1. The summed E-state index contributed by atoms with van der Waals surface area (Å²) in [6.45, 7) is 3.08. The maximum Gasteiger partial charge on any atom is 0.264 e. The van der Waals surface area contributed by atoms with Crippen LogP contribution in [0.4, 0.5) is 5.69 Å². The Morgan fingerprint density at radius 2 is 1.88 bits per heavy atom. The maximum atomic E-state index is 13.1. The molecular weight excluding hydrogens is 326 g/mol. The number of epoxide rings is 1. The first kappa shape index (κ1) is 16.8. The number of sulfonamides is 1. The standard InChI is InChI=1S/C18H21NO4S/c1-3-16-17(23-13-15-12-22-15)10-7-11-18(16)24(20,21)19(2)14-8-5-4-6-9-14/h4-11,15H,3,12-13H2,1-2H3. The van der Waals surface area contributed by atoms with E-state index in [1.54, 1.807) is 31.3 Å². The minimum atomic E-state index is -3.66. The first-order valence-electron chi connectivity index (χ1n) is 7.94. The molecule has 5 nitrogen and oxygen atoms in total. The molecule has 1 saturated heterocycles. The molecule has 1 heterocycles. The molecular formula is C18H21NO4S. The highest BCUT2D eigenvalue weighted by Crippen LogP contribution is 2.31. The van der Waals surface area contributed by atoms with Gasteiger partial charge in [0.15, 0.2) is 0 Å². The lowest BCUT2D eigenvalue weighted by Gasteiger charge is -2.22. The summed E-state index contributed by atoms with van der Waals surface area (Å²) in [7, 11) is -2.09. The van der Waals surface area contributed by atoms with Crippen molar-refractivity contribution in [2.75, 3.05) is 24.6 Å². The molecule has 0 spiro atoms. The van der Waals surface area contributed by atoms with Gasteiger partial charge in [-0.15, -0.1) is 0 Å². The lowest BCUT2D eigenvalue weighted by atomic mass is 10.1. The van der Waals surface area contributed by atoms with Crippen molar-refractivity contribution in [2.45, 2.75) is 24.3 Å². The van der Waals surface area contributed by atoms with E-state index in [9.17, 15) is 8.42 Å². The topological polar surface area (TPSA) is 59.1 Å². The third-order valence-electron chi connectivity index (χ3n) is 4.03. The van der Waals surface area contributed by atoms with Crippen LogP contribution in [0, 0.1) is 0 Å². The van der Waals surface area contributed by atoms with Gasteiger partial charge in [-0.05, 0) is 30.7 Å². The molecule has 128 valence electrons. The zero-order chi connectivity index (χ0) is 17.2. The predicted octanol–water partition coefficient (Wildman–Crippen LogP) is 2.85. The highest BCUT2D eigenvalue weighted by atomic mass is 32.2. The number of anilines is 1. The van der Waals surface area contributed by atoms with E-state index in [0.29, 0.717) is 36.6 Å². The molecule has 0 saturated carbocycles. The van der Waals surface area contributed by atoms with E-state index >= 15 is 0 Å². The highest BCUT2D eigenvalue weighted by molar-refractivity contribution is 7.92. The molecule has 2 aromatic carbocycles. The Labute approximate surface area is 142 Å². The van der Waals surface area contributed by atoms with Gasteiger partial charge in [0, 0.05) is 12.6 Å². The van der Waals surface area contributed by atoms with Crippen LogP contribution < -0.4 is 9.04 Å². The highest BCUT2D eigenvalue weighted by Gasteiger charge is 2.27. The zero-order valence-corrected chi connectivity index (χ0v) is 14.6. The van der Waals surface area contributed by atoms with E-state index < -0.39 is 10.0 Å². The number of nitrogens with zero attached hydrogens (tertiary/aromatic N) is 1. The molecule has 0 bridgehead atoms. The van der Waals surface area contributed by atoms with Gasteiger partial charge in [0.05, 0.1) is 17.2 Å². The van der Waals surface area contributed by atoms with E-state index in [0.717, 1.165) is 0 Å². The van der Waals surface area contributed by atoms with Gasteiger partial charge in [-0.3, -0.25) is 4.31 Å². The summed E-state index contributed by atoms with van der Waals surface area (Å²) in [6.07, 6.45) is 0.695. The summed E-state index contributed by atoms with van der Waals surface area (Å²) in [6, 6.07) is 14.2. The van der Waals surface area contributed by atoms with Crippen molar-refractivity contribution in [2.24, 2.45) is 0 Å². The smallest absolute Gasteiger partial charge is 0.264 e. The van der Waals surface area contributed by atoms with Crippen molar-refractivity contribution in [3.05, 3.63) is 54.1 Å². The second-order valence-electron chi connectivity index (χ2n) is 5.66. The molecule has 0 N–H and O–H groups in total. The van der Waals surface area contributed by atoms with Crippen molar-refractivity contribution in [1.82, 2.24) is 0 Å². The van der Waals surface area contributed by atoms with E-state index in [-0.39, 0.29) is 11.0 Å². The molecule has 6 heteroatoms. The fourth-order valence-corrected chi connectivity index (χ4v) is 4.04. The Balaban J connectivity index is 1.95. The van der Waals surface area contributed by atoms with E-state index in [2.05, 4.69) is 0 Å². The van der Waals surface area contributed by atoms with Crippen LogP contribution in [0.1, 0.15) is 12.5 Å². The molecule has 0 amide bonds. The molecule has 0 aliphatic carbocycles. The Morgan fingerprint density at radius 3 is 2.50 bits per heavy atom. The first-order chi connectivity index (χ1) is 11.5. The summed E-state index contributed by atoms with van der Waals surface area (Å²) in [5, 5.41) is 0. The summed E-state index contributed by atoms with van der Waals surface area (Å²) in [5.74, 6) is 0.607. The van der Waals surface area contributed by atoms with Crippen molar-refractivity contribution in [3.63, 3.8) is 0 Å². The van der Waals surface area contributed by atoms with Crippen LogP contribution in [-0.4, -0.2) is 34.8 Å². The summed E-state index contributed by atoms with van der Waals surface area (Å²) >= 11 is 0. The zero-order valence-electron chi connectivity index (χ0n) is 13.8. The summed E-state index contributed by atoms with van der Waals surface area (Å²) < 4.78 is 38.3. The Bertz CT molecular complexity index is 801. The number of rotatable bonds is 7. The Hall–Kier alpha value is -2.05. The summed E-state index contributed by atoms with van der Waals surface area (Å²) in [4.78, 5) is 0.283. The Morgan fingerprint density at radius 1 is 1.17 bits per heavy atom. The van der Waals surface area contributed by atoms with Crippen molar-refractivity contribution in [3.8, 4) is 5.75 Å². The molecule has 3 rings (SSSR count). The van der Waals surface area contributed by atoms with Crippen LogP contribution in [0.2, 0.25) is 0 Å². The number of benzene rings is 2. The summed E-state index contributed by atoms with van der Waals surface area (Å²) in [5.41, 5.74) is 1.32. The monoisotopic (exact) mass is 347 g/mol. The number of ether oxygens (including phenoxy) is 2. The van der Waals surface area contributed by atoms with Crippen LogP contribution in [-0.2, 0) is 21.2 Å². The minimum Gasteiger partial charge on any atom is -0.490 e. The average Bonchev–Trinajstić information content (AvgIpc) is 3.44. The quantitative estimate of drug-likeness (QED) is 0.723. The fraction of sp³-hybridized carbons (Fsp3) is 0.333. The second-order valence-corrected chi connectivity index (χ2v) is 7.60. The van der Waals surface area contributed by atoms with E-state index in [4.69, 9.17) is 9.47 Å². The molecule has 1 fully saturated rings. The lowest BCUT2D eigenvalue weighted by molar-refractivity contribution is 0.260. The molecule has 0 aromatic heterocycles. The van der Waals surface area contributed by atoms with Crippen molar-refractivity contribution in [1.29, 1.82) is 0 Å². The third-order valence-corrected chi connectivity index (χ3v) is 5.90. The molecule has 2 aromatic rings. The van der Waals surface area contributed by atoms with Gasteiger partial charge in [-0.2, -0.15) is 0 Å². The van der Waals surface area contributed by atoms with Crippen molar-refractivity contribution < 1.29 is 17.9 Å². The van der Waals surface area contributed by atoms with Gasteiger partial charge in [-0.1, -0.05) is 31.2 Å². The molecule has 0 radical (unpaired) electrons. The Kier molecular flexibility index (Phi) is 4.78. The SMILES string of the molecule is CCc1c(OCC2CO2)cccc1S(=O)(=O)N(C)c1ccccc1. The molecule has 1 aliphatic heterocycles. The number of hydrogen-bond donors (Lipinski definition) is 0. The average molecular weight is 347 g/mol. The van der Waals surface area contributed by atoms with Gasteiger partial charge in [0.1, 0.15) is 18.5 Å². The predicted molar refractivity (Wildman–Crippen MR) is 93.1 cm³/mol. The molecule has 1 aliphatic rings. The number of hydrogen-bond acceptors (Lipinski definition) is 4. The lowest BCUT2D eigenvalue weighted by Crippen LogP contribution is -2.27. The normalized spacial score (nSPS) is 16.7. The first-order valence-corrected chi connectivity index (χ1v) is 9.38. The second kappa shape index (κ2) is 6.83. The molecule has 1 atom stereocenters. The van der Waals surface area contributed by atoms with Gasteiger partial charge < -0.3 is 9.47 Å². The van der Waals surface area contributed by atoms with Crippen LogP contribution in [0.3, 0.4) is 0 Å². The molecule has 24 heavy (non-hydrogen) atoms. The van der Waals surface area contributed by atoms with Gasteiger partial charge >= 0.3 is 0 Å². The van der Waals surface area contributed by atoms with Crippen LogP contribution in [0.15, 0.2) is 53.4 Å². The van der Waals surface area contributed by atoms with Gasteiger partial charge in [0.2, 0.25) is 0 Å². The fourth-order valence-electron chi connectivity index (χ4n) is 2.54. The minimum absolute atomic E-state index is 0.127.